The zero-order chi connectivity index (χ0) is 39.0. The van der Waals surface area contributed by atoms with Gasteiger partial charge in [-0.05, 0) is 38.5 Å². The van der Waals surface area contributed by atoms with Crippen LogP contribution in [0.3, 0.4) is 0 Å². The third-order valence-corrected chi connectivity index (χ3v) is 10.5. The third kappa shape index (κ3) is 53.8. The van der Waals surface area contributed by atoms with Crippen LogP contribution in [0.25, 0.3) is 0 Å². The first kappa shape index (κ1) is 60.4. The molecule has 0 aliphatic rings. The van der Waals surface area contributed by atoms with Gasteiger partial charge in [-0.25, -0.2) is 0 Å². The summed E-state index contributed by atoms with van der Waals surface area (Å²) in [6.45, 7) is 14.1. The van der Waals surface area contributed by atoms with Gasteiger partial charge in [-0.2, -0.15) is 0 Å². The largest absolute Gasteiger partial charge is 3.00 e. The SMILES string of the molecule is CCCCCCOP(=O)([O-])OCCCCCC.CCCCCCOP(=O)([O-])OCCCCCC.CCCCCCOP(=O)([O-])OCCCCCC.[Nd+3]. The Hall–Kier alpha value is 1.68. The van der Waals surface area contributed by atoms with Crippen LogP contribution in [-0.2, 0) is 40.8 Å². The molecule has 0 bridgehead atoms. The molecule has 0 rings (SSSR count). The zero-order valence-corrected chi connectivity index (χ0v) is 39.8. The molecule has 1 radical (unpaired) electrons. The molecule has 0 fully saturated rings. The van der Waals surface area contributed by atoms with E-state index in [9.17, 15) is 28.4 Å². The van der Waals surface area contributed by atoms with Crippen molar-refractivity contribution < 1.29 is 96.4 Å². The average molecular weight is 940 g/mol. The summed E-state index contributed by atoms with van der Waals surface area (Å²) >= 11 is 0. The van der Waals surface area contributed by atoms with Gasteiger partial charge in [-0.1, -0.05) is 157 Å². The Kier molecular flexibility index (Phi) is 52.7. The number of hydrogen-bond donors (Lipinski definition) is 0. The van der Waals surface area contributed by atoms with Crippen molar-refractivity contribution in [1.29, 1.82) is 0 Å². The summed E-state index contributed by atoms with van der Waals surface area (Å²) in [5, 5.41) is 0. The number of rotatable bonds is 36. The van der Waals surface area contributed by atoms with Gasteiger partial charge in [-0.15, -0.1) is 0 Å². The van der Waals surface area contributed by atoms with Crippen LogP contribution in [0.5, 0.6) is 0 Å². The average Bonchev–Trinajstić information content (AvgIpc) is 3.08. The van der Waals surface area contributed by atoms with Gasteiger partial charge in [0.25, 0.3) is 23.5 Å². The van der Waals surface area contributed by atoms with Gasteiger partial charge in [0, 0.05) is 0 Å². The van der Waals surface area contributed by atoms with E-state index < -0.39 is 23.5 Å². The molecule has 52 heavy (non-hydrogen) atoms. The summed E-state index contributed by atoms with van der Waals surface area (Å²) in [5.41, 5.74) is 0. The Balaban J connectivity index is -0.000000329. The molecule has 313 valence electrons. The van der Waals surface area contributed by atoms with E-state index in [0.29, 0.717) is 0 Å². The van der Waals surface area contributed by atoms with Crippen LogP contribution in [0.4, 0.5) is 0 Å². The number of phosphoric acid groups is 3. The molecule has 0 heterocycles. The molecule has 0 amide bonds. The maximum atomic E-state index is 11.3. The van der Waals surface area contributed by atoms with E-state index in [1.807, 2.05) is 0 Å². The summed E-state index contributed by atoms with van der Waals surface area (Å²) in [4.78, 5) is 33.8. The van der Waals surface area contributed by atoms with Crippen molar-refractivity contribution in [2.75, 3.05) is 39.6 Å². The molecule has 0 atom stereocenters. The van der Waals surface area contributed by atoms with Gasteiger partial charge in [0.2, 0.25) is 0 Å². The quantitative estimate of drug-likeness (QED) is 0.0430. The second-order valence-electron chi connectivity index (χ2n) is 12.7. The fourth-order valence-electron chi connectivity index (χ4n) is 4.34. The molecule has 0 saturated carbocycles. The van der Waals surface area contributed by atoms with Crippen LogP contribution in [-0.4, -0.2) is 39.6 Å². The Morgan fingerprint density at radius 3 is 0.538 bits per heavy atom. The van der Waals surface area contributed by atoms with E-state index in [1.54, 1.807) is 0 Å². The fourth-order valence-corrected chi connectivity index (χ4v) is 6.68. The number of hydrogen-bond acceptors (Lipinski definition) is 12. The summed E-state index contributed by atoms with van der Waals surface area (Å²) in [7, 11) is -12.1. The van der Waals surface area contributed by atoms with Crippen molar-refractivity contribution >= 4 is 23.5 Å². The molecule has 0 aromatic carbocycles. The molecule has 16 heteroatoms. The third-order valence-electron chi connectivity index (χ3n) is 7.48. The maximum Gasteiger partial charge on any atom is 3.00 e. The Morgan fingerprint density at radius 2 is 0.423 bits per heavy atom. The van der Waals surface area contributed by atoms with Gasteiger partial charge >= 0.3 is 40.8 Å². The monoisotopic (exact) mass is 937 g/mol. The maximum absolute atomic E-state index is 11.3. The molecule has 0 saturated heterocycles. The predicted octanol–water partition coefficient (Wildman–Crippen LogP) is 10.9. The van der Waals surface area contributed by atoms with Crippen molar-refractivity contribution in [2.45, 2.75) is 196 Å². The minimum atomic E-state index is -4.04. The van der Waals surface area contributed by atoms with E-state index in [1.165, 1.54) is 0 Å². The second kappa shape index (κ2) is 45.4. The Labute approximate surface area is 352 Å². The molecule has 0 unspecified atom stereocenters. The molecular weight excluding hydrogens is 862 g/mol. The topological polar surface area (TPSA) is 176 Å². The van der Waals surface area contributed by atoms with Gasteiger partial charge in [-0.3, -0.25) is 13.7 Å². The summed E-state index contributed by atoms with van der Waals surface area (Å²) in [6, 6.07) is 0. The number of phosphoric ester groups is 3. The summed E-state index contributed by atoms with van der Waals surface area (Å²) in [5.74, 6) is 0. The van der Waals surface area contributed by atoms with E-state index in [0.717, 1.165) is 154 Å². The smallest absolute Gasteiger partial charge is 0.756 e. The van der Waals surface area contributed by atoms with E-state index >= 15 is 0 Å². The first-order valence-electron chi connectivity index (χ1n) is 20.2. The van der Waals surface area contributed by atoms with Crippen molar-refractivity contribution in [1.82, 2.24) is 0 Å². The van der Waals surface area contributed by atoms with E-state index in [2.05, 4.69) is 41.5 Å². The van der Waals surface area contributed by atoms with Crippen molar-refractivity contribution in [3.8, 4) is 0 Å². The molecular formula is C36H78NdO12P3. The van der Waals surface area contributed by atoms with Crippen LogP contribution >= 0.6 is 23.5 Å². The Morgan fingerprint density at radius 1 is 0.288 bits per heavy atom. The summed E-state index contributed by atoms with van der Waals surface area (Å²) in [6.07, 6.45) is 24.2. The van der Waals surface area contributed by atoms with Crippen LogP contribution in [0.2, 0.25) is 0 Å². The van der Waals surface area contributed by atoms with Crippen LogP contribution in [0, 0.1) is 40.8 Å². The second-order valence-corrected chi connectivity index (χ2v) is 16.9. The Bertz CT molecular complexity index is 684. The van der Waals surface area contributed by atoms with Gasteiger partial charge in [0.1, 0.15) is 0 Å². The van der Waals surface area contributed by atoms with Crippen molar-refractivity contribution in [3.63, 3.8) is 0 Å². The van der Waals surface area contributed by atoms with Crippen LogP contribution in [0.1, 0.15) is 196 Å². The fraction of sp³-hybridized carbons (Fsp3) is 1.00. The minimum Gasteiger partial charge on any atom is -0.756 e. The molecule has 0 aromatic rings. The van der Waals surface area contributed by atoms with Crippen molar-refractivity contribution in [3.05, 3.63) is 0 Å². The molecule has 0 N–H and O–H groups in total. The van der Waals surface area contributed by atoms with E-state index in [-0.39, 0.29) is 80.5 Å². The summed E-state index contributed by atoms with van der Waals surface area (Å²) < 4.78 is 62.4. The molecule has 0 aliphatic heterocycles. The van der Waals surface area contributed by atoms with E-state index in [4.69, 9.17) is 27.1 Å². The number of unbranched alkanes of at least 4 members (excludes halogenated alkanes) is 18. The minimum absolute atomic E-state index is 0. The first-order valence-corrected chi connectivity index (χ1v) is 24.5. The van der Waals surface area contributed by atoms with Gasteiger partial charge in [0.05, 0.1) is 39.6 Å². The van der Waals surface area contributed by atoms with Crippen LogP contribution in [0.15, 0.2) is 0 Å². The molecule has 0 aromatic heterocycles. The normalized spacial score (nSPS) is 11.7. The zero-order valence-electron chi connectivity index (χ0n) is 34.0. The molecule has 12 nitrogen and oxygen atoms in total. The standard InChI is InChI=1S/3C12H27O4P.Nd/c3*1-3-5-7-9-11-15-17(13,14)16-12-10-8-6-4-2;/h3*3-12H2,1-2H3,(H,13,14);/q;;;+3/p-3. The first-order chi connectivity index (χ1) is 24.4. The predicted molar refractivity (Wildman–Crippen MR) is 203 cm³/mol. The van der Waals surface area contributed by atoms with Crippen molar-refractivity contribution in [2.24, 2.45) is 0 Å². The molecule has 0 spiro atoms. The van der Waals surface area contributed by atoms with Gasteiger partial charge < -0.3 is 41.8 Å². The van der Waals surface area contributed by atoms with Crippen LogP contribution < -0.4 is 14.7 Å². The van der Waals surface area contributed by atoms with Gasteiger partial charge in [0.15, 0.2) is 0 Å². The molecule has 0 aliphatic carbocycles.